The third-order valence-electron chi connectivity index (χ3n) is 5.37. The number of benzene rings is 1. The van der Waals surface area contributed by atoms with Crippen LogP contribution in [0.15, 0.2) is 24.3 Å². The predicted octanol–water partition coefficient (Wildman–Crippen LogP) is 2.21. The van der Waals surface area contributed by atoms with Gasteiger partial charge in [-0.05, 0) is 51.8 Å². The minimum absolute atomic E-state index is 0.0102. The van der Waals surface area contributed by atoms with Crippen LogP contribution in [-0.4, -0.2) is 66.2 Å². The maximum atomic E-state index is 13.5. The highest BCUT2D eigenvalue weighted by Crippen LogP contribution is 2.31. The van der Waals surface area contributed by atoms with Gasteiger partial charge in [-0.25, -0.2) is 4.79 Å². The molecule has 1 N–H and O–H groups in total. The first kappa shape index (κ1) is 19.7. The fourth-order valence-electron chi connectivity index (χ4n) is 3.89. The summed E-state index contributed by atoms with van der Waals surface area (Å²) in [4.78, 5) is 30.2. The normalized spacial score (nSPS) is 23.5. The quantitative estimate of drug-likeness (QED) is 0.863. The van der Waals surface area contributed by atoms with E-state index in [2.05, 4.69) is 29.4 Å². The van der Waals surface area contributed by atoms with Gasteiger partial charge in [0, 0.05) is 32.6 Å². The van der Waals surface area contributed by atoms with Gasteiger partial charge in [0.05, 0.1) is 0 Å². The Labute approximate surface area is 161 Å². The molecular formula is C21H31N3O3. The molecular weight excluding hydrogens is 342 g/mol. The smallest absolute Gasteiger partial charge is 0.408 e. The van der Waals surface area contributed by atoms with Gasteiger partial charge >= 0.3 is 6.09 Å². The van der Waals surface area contributed by atoms with Crippen molar-refractivity contribution >= 4 is 12.0 Å². The van der Waals surface area contributed by atoms with E-state index >= 15 is 0 Å². The molecule has 0 saturated carbocycles. The molecule has 0 radical (unpaired) electrons. The topological polar surface area (TPSA) is 61.9 Å². The summed E-state index contributed by atoms with van der Waals surface area (Å²) in [5.74, 6) is 0.0102. The number of piperazine rings is 1. The predicted molar refractivity (Wildman–Crippen MR) is 105 cm³/mol. The van der Waals surface area contributed by atoms with Gasteiger partial charge in [-0.2, -0.15) is 0 Å². The van der Waals surface area contributed by atoms with E-state index in [1.165, 1.54) is 5.56 Å². The number of likely N-dealkylation sites (N-methyl/N-ethyl adjacent to an activating group) is 1. The first-order valence-electron chi connectivity index (χ1n) is 9.74. The highest BCUT2D eigenvalue weighted by Gasteiger charge is 2.46. The van der Waals surface area contributed by atoms with Crippen molar-refractivity contribution in [2.24, 2.45) is 0 Å². The highest BCUT2D eigenvalue weighted by atomic mass is 16.6. The number of hydrogen-bond acceptors (Lipinski definition) is 4. The summed E-state index contributed by atoms with van der Waals surface area (Å²) in [5, 5.41) is 2.97. The van der Waals surface area contributed by atoms with Crippen LogP contribution in [0, 0.1) is 0 Å². The number of fused-ring (bicyclic) bond motifs is 1. The van der Waals surface area contributed by atoms with E-state index < -0.39 is 17.2 Å². The van der Waals surface area contributed by atoms with Gasteiger partial charge in [0.2, 0.25) is 5.91 Å². The lowest BCUT2D eigenvalue weighted by atomic mass is 9.77. The zero-order valence-electron chi connectivity index (χ0n) is 16.9. The van der Waals surface area contributed by atoms with Crippen LogP contribution in [0.5, 0.6) is 0 Å². The largest absolute Gasteiger partial charge is 0.444 e. The van der Waals surface area contributed by atoms with Crippen molar-refractivity contribution in [1.82, 2.24) is 15.1 Å². The molecule has 1 aromatic carbocycles. The number of rotatable bonds is 2. The number of nitrogens with one attached hydrogen (secondary N) is 1. The van der Waals surface area contributed by atoms with E-state index in [9.17, 15) is 9.59 Å². The Kier molecular flexibility index (Phi) is 5.47. The van der Waals surface area contributed by atoms with Crippen LogP contribution < -0.4 is 5.32 Å². The van der Waals surface area contributed by atoms with Crippen molar-refractivity contribution in [1.29, 1.82) is 0 Å². The summed E-state index contributed by atoms with van der Waals surface area (Å²) >= 11 is 0. The zero-order chi connectivity index (χ0) is 19.7. The van der Waals surface area contributed by atoms with Crippen LogP contribution in [0.3, 0.4) is 0 Å². The number of aryl methyl sites for hydroxylation is 1. The first-order chi connectivity index (χ1) is 12.7. The summed E-state index contributed by atoms with van der Waals surface area (Å²) in [5.41, 5.74) is 0.842. The van der Waals surface area contributed by atoms with Crippen molar-refractivity contribution in [3.8, 4) is 0 Å². The van der Waals surface area contributed by atoms with E-state index in [0.29, 0.717) is 25.9 Å². The molecule has 0 aromatic heterocycles. The van der Waals surface area contributed by atoms with Gasteiger partial charge in [-0.3, -0.25) is 4.79 Å². The second kappa shape index (κ2) is 7.50. The van der Waals surface area contributed by atoms with Crippen LogP contribution in [0.4, 0.5) is 4.79 Å². The Morgan fingerprint density at radius 2 is 1.70 bits per heavy atom. The Morgan fingerprint density at radius 1 is 1.07 bits per heavy atom. The molecule has 3 rings (SSSR count). The molecule has 1 unspecified atom stereocenters. The van der Waals surface area contributed by atoms with Gasteiger partial charge in [-0.1, -0.05) is 24.3 Å². The lowest BCUT2D eigenvalue weighted by Gasteiger charge is -2.43. The number of ether oxygens (including phenoxy) is 1. The van der Waals surface area contributed by atoms with E-state index in [1.807, 2.05) is 37.8 Å². The summed E-state index contributed by atoms with van der Waals surface area (Å²) in [6.45, 7) is 8.58. The van der Waals surface area contributed by atoms with Gasteiger partial charge in [0.1, 0.15) is 11.1 Å². The maximum absolute atomic E-state index is 13.5. The van der Waals surface area contributed by atoms with Crippen molar-refractivity contribution in [2.75, 3.05) is 33.2 Å². The molecule has 0 spiro atoms. The standard InChI is InChI=1S/C21H31N3O3/c1-20(2,3)27-19(26)22-21(18(25)24-13-11-23(4)12-14-24)10-9-16-7-5-6-8-17(16)15-21/h5-8H,9-15H2,1-4H3,(H,22,26). The fraction of sp³-hybridized carbons (Fsp3) is 0.619. The van der Waals surface area contributed by atoms with Crippen molar-refractivity contribution < 1.29 is 14.3 Å². The third-order valence-corrected chi connectivity index (χ3v) is 5.37. The Bertz CT molecular complexity index is 705. The number of hydrogen-bond donors (Lipinski definition) is 1. The van der Waals surface area contributed by atoms with Crippen LogP contribution in [0.2, 0.25) is 0 Å². The number of alkyl carbamates (subject to hydrolysis) is 1. The molecule has 1 atom stereocenters. The van der Waals surface area contributed by atoms with E-state index in [1.54, 1.807) is 0 Å². The molecule has 2 amide bonds. The molecule has 27 heavy (non-hydrogen) atoms. The van der Waals surface area contributed by atoms with Crippen molar-refractivity contribution in [2.45, 2.75) is 51.2 Å². The van der Waals surface area contributed by atoms with Crippen LogP contribution in [-0.2, 0) is 22.4 Å². The zero-order valence-corrected chi connectivity index (χ0v) is 16.9. The molecule has 1 aromatic rings. The van der Waals surface area contributed by atoms with Gasteiger partial charge < -0.3 is 19.9 Å². The summed E-state index contributed by atoms with van der Waals surface area (Å²) in [6, 6.07) is 8.17. The van der Waals surface area contributed by atoms with Crippen molar-refractivity contribution in [3.63, 3.8) is 0 Å². The molecule has 148 valence electrons. The summed E-state index contributed by atoms with van der Waals surface area (Å²) in [6.07, 6.45) is 1.34. The molecule has 1 saturated heterocycles. The second-order valence-electron chi connectivity index (χ2n) is 8.75. The van der Waals surface area contributed by atoms with E-state index in [-0.39, 0.29) is 5.91 Å². The Hall–Kier alpha value is -2.08. The monoisotopic (exact) mass is 373 g/mol. The maximum Gasteiger partial charge on any atom is 0.408 e. The first-order valence-corrected chi connectivity index (χ1v) is 9.74. The van der Waals surface area contributed by atoms with E-state index in [0.717, 1.165) is 25.1 Å². The van der Waals surface area contributed by atoms with Gasteiger partial charge in [-0.15, -0.1) is 0 Å². The SMILES string of the molecule is CN1CCN(C(=O)C2(NC(=O)OC(C)(C)C)CCc3ccccc3C2)CC1. The molecule has 2 aliphatic rings. The summed E-state index contributed by atoms with van der Waals surface area (Å²) in [7, 11) is 2.06. The van der Waals surface area contributed by atoms with Crippen molar-refractivity contribution in [3.05, 3.63) is 35.4 Å². The van der Waals surface area contributed by atoms with Gasteiger partial charge in [0.25, 0.3) is 0 Å². The average Bonchev–Trinajstić information content (AvgIpc) is 2.60. The van der Waals surface area contributed by atoms with E-state index in [4.69, 9.17) is 4.74 Å². The van der Waals surface area contributed by atoms with Crippen LogP contribution in [0.25, 0.3) is 0 Å². The number of nitrogens with zero attached hydrogens (tertiary/aromatic N) is 2. The Morgan fingerprint density at radius 3 is 2.33 bits per heavy atom. The Balaban J connectivity index is 1.85. The van der Waals surface area contributed by atoms with Crippen LogP contribution >= 0.6 is 0 Å². The lowest BCUT2D eigenvalue weighted by Crippen LogP contribution is -2.64. The lowest BCUT2D eigenvalue weighted by molar-refractivity contribution is -0.140. The minimum atomic E-state index is -0.938. The number of carbonyl (C=O) groups is 2. The molecule has 1 heterocycles. The molecule has 0 bridgehead atoms. The number of amides is 2. The number of carbonyl (C=O) groups excluding carboxylic acids is 2. The average molecular weight is 373 g/mol. The fourth-order valence-corrected chi connectivity index (χ4v) is 3.89. The minimum Gasteiger partial charge on any atom is -0.444 e. The van der Waals surface area contributed by atoms with Crippen LogP contribution in [0.1, 0.15) is 38.3 Å². The molecule has 1 fully saturated rings. The highest BCUT2D eigenvalue weighted by molar-refractivity contribution is 5.91. The molecule has 1 aliphatic carbocycles. The molecule has 6 nitrogen and oxygen atoms in total. The summed E-state index contributed by atoms with van der Waals surface area (Å²) < 4.78 is 5.48. The second-order valence-corrected chi connectivity index (χ2v) is 8.75. The van der Waals surface area contributed by atoms with Gasteiger partial charge in [0.15, 0.2) is 0 Å². The molecule has 6 heteroatoms. The third kappa shape index (κ3) is 4.61. The molecule has 1 aliphatic heterocycles.